The summed E-state index contributed by atoms with van der Waals surface area (Å²) < 4.78 is 0. The Morgan fingerprint density at radius 3 is 2.13 bits per heavy atom. The quantitative estimate of drug-likeness (QED) is 0.213. The van der Waals surface area contributed by atoms with E-state index in [-0.39, 0.29) is 19.4 Å². The number of rotatable bonds is 7. The predicted molar refractivity (Wildman–Crippen MR) is 134 cm³/mol. The Hall–Kier alpha value is -4.00. The van der Waals surface area contributed by atoms with E-state index in [0.717, 1.165) is 5.56 Å². The highest BCUT2D eigenvalue weighted by Gasteiger charge is 2.34. The summed E-state index contributed by atoms with van der Waals surface area (Å²) in [4.78, 5) is 75.8. The summed E-state index contributed by atoms with van der Waals surface area (Å²) in [6.45, 7) is 2.54. The molecule has 208 valence electrons. The molecule has 1 fully saturated rings. The number of carbonyl (C=O) groups is 6. The lowest BCUT2D eigenvalue weighted by atomic mass is 9.96. The van der Waals surface area contributed by atoms with Gasteiger partial charge in [-0.15, -0.1) is 0 Å². The number of carboxylic acid groups (broad SMARTS) is 1. The molecule has 1 aliphatic rings. The van der Waals surface area contributed by atoms with E-state index in [2.05, 4.69) is 26.6 Å². The summed E-state index contributed by atoms with van der Waals surface area (Å²) in [6, 6.07) is 3.68. The topological polar surface area (TPSA) is 203 Å². The third-order valence-corrected chi connectivity index (χ3v) is 6.21. The molecule has 1 heterocycles. The van der Waals surface area contributed by atoms with Gasteiger partial charge in [0.25, 0.3) is 0 Å². The fourth-order valence-electron chi connectivity index (χ4n) is 3.82. The van der Waals surface area contributed by atoms with Crippen molar-refractivity contribution in [3.05, 3.63) is 35.9 Å². The van der Waals surface area contributed by atoms with Crippen molar-refractivity contribution in [2.24, 2.45) is 5.92 Å². The molecule has 13 nitrogen and oxygen atoms in total. The predicted octanol–water partition coefficient (Wildman–Crippen LogP) is -1.80. The molecule has 1 aliphatic heterocycles. The molecule has 1 aromatic rings. The van der Waals surface area contributed by atoms with Crippen LogP contribution < -0.4 is 26.6 Å². The van der Waals surface area contributed by atoms with E-state index in [1.807, 2.05) is 0 Å². The zero-order valence-electron chi connectivity index (χ0n) is 21.4. The lowest BCUT2D eigenvalue weighted by molar-refractivity contribution is -0.141. The van der Waals surface area contributed by atoms with Gasteiger partial charge in [0, 0.05) is 19.4 Å². The molecular formula is C25H35N5O8. The van der Waals surface area contributed by atoms with Gasteiger partial charge in [0.1, 0.15) is 24.2 Å². The Bertz CT molecular complexity index is 1020. The Balaban J connectivity index is 2.42. The summed E-state index contributed by atoms with van der Waals surface area (Å²) in [5.74, 6) is -5.61. The van der Waals surface area contributed by atoms with Crippen molar-refractivity contribution in [3.63, 3.8) is 0 Å². The van der Waals surface area contributed by atoms with Crippen LogP contribution in [-0.2, 0) is 35.2 Å². The maximum Gasteiger partial charge on any atom is 0.305 e. The molecule has 5 amide bonds. The lowest BCUT2D eigenvalue weighted by Gasteiger charge is -2.29. The van der Waals surface area contributed by atoms with Crippen molar-refractivity contribution in [2.75, 3.05) is 13.2 Å². The standard InChI is InChI=1S/C25H35N5O8/c1-3-14(2)21-25(38)28-17(12-20(33)34)23(36)29-18(13-31)22(35)26-10-9-19(32)27-16(24(37)30-21)11-15-7-5-4-6-8-15/h4-8,14,16-18,21,31H,3,9-13H2,1-2H3,(H,26,35)(H,27,32)(H,28,38)(H,29,36)(H,30,37)(H,33,34)/t14-,16-,17-,18-,21-/m0/s1. The van der Waals surface area contributed by atoms with Crippen molar-refractivity contribution >= 4 is 35.5 Å². The fourth-order valence-corrected chi connectivity index (χ4v) is 3.82. The van der Waals surface area contributed by atoms with Crippen LogP contribution in [0.25, 0.3) is 0 Å². The van der Waals surface area contributed by atoms with Crippen LogP contribution in [0.15, 0.2) is 30.3 Å². The third kappa shape index (κ3) is 9.14. The van der Waals surface area contributed by atoms with Crippen LogP contribution in [0.1, 0.15) is 38.7 Å². The summed E-state index contributed by atoms with van der Waals surface area (Å²) in [6.07, 6.45) is -0.425. The second kappa shape index (κ2) is 14.7. The van der Waals surface area contributed by atoms with Gasteiger partial charge in [-0.25, -0.2) is 0 Å². The van der Waals surface area contributed by atoms with Crippen molar-refractivity contribution in [2.45, 2.75) is 63.7 Å². The molecule has 0 bridgehead atoms. The lowest BCUT2D eigenvalue weighted by Crippen LogP contribution is -2.61. The molecule has 0 unspecified atom stereocenters. The van der Waals surface area contributed by atoms with E-state index in [9.17, 15) is 39.0 Å². The van der Waals surface area contributed by atoms with Crippen LogP contribution in [0.3, 0.4) is 0 Å². The van der Waals surface area contributed by atoms with Gasteiger partial charge in [0.15, 0.2) is 0 Å². The average Bonchev–Trinajstić information content (AvgIpc) is 2.88. The van der Waals surface area contributed by atoms with Gasteiger partial charge in [-0.05, 0) is 11.5 Å². The first-order valence-corrected chi connectivity index (χ1v) is 12.4. The van der Waals surface area contributed by atoms with Crippen molar-refractivity contribution < 1.29 is 39.0 Å². The number of aliphatic hydroxyl groups is 1. The van der Waals surface area contributed by atoms with Crippen LogP contribution in [-0.4, -0.2) is 83.0 Å². The fraction of sp³-hybridized carbons (Fsp3) is 0.520. The summed E-state index contributed by atoms with van der Waals surface area (Å²) >= 11 is 0. The third-order valence-electron chi connectivity index (χ3n) is 6.21. The van der Waals surface area contributed by atoms with Gasteiger partial charge >= 0.3 is 5.97 Å². The molecule has 5 atom stereocenters. The minimum absolute atomic E-state index is 0.121. The molecule has 0 saturated carbocycles. The Labute approximate surface area is 220 Å². The van der Waals surface area contributed by atoms with E-state index < -0.39 is 78.6 Å². The Kier molecular flexibility index (Phi) is 11.7. The van der Waals surface area contributed by atoms with Crippen LogP contribution in [0.2, 0.25) is 0 Å². The van der Waals surface area contributed by atoms with Crippen LogP contribution in [0.5, 0.6) is 0 Å². The number of aliphatic carboxylic acids is 1. The highest BCUT2D eigenvalue weighted by molar-refractivity contribution is 5.97. The van der Waals surface area contributed by atoms with Crippen LogP contribution >= 0.6 is 0 Å². The Morgan fingerprint density at radius 2 is 1.53 bits per heavy atom. The largest absolute Gasteiger partial charge is 0.481 e. The Morgan fingerprint density at radius 1 is 0.895 bits per heavy atom. The molecule has 0 aliphatic carbocycles. The van der Waals surface area contributed by atoms with Gasteiger partial charge in [-0.2, -0.15) is 0 Å². The molecule has 0 spiro atoms. The number of carbonyl (C=O) groups excluding carboxylic acids is 5. The van der Waals surface area contributed by atoms with Gasteiger partial charge in [0.05, 0.1) is 13.0 Å². The number of nitrogens with one attached hydrogen (secondary N) is 5. The summed E-state index contributed by atoms with van der Waals surface area (Å²) in [5, 5.41) is 31.1. The zero-order valence-corrected chi connectivity index (χ0v) is 21.4. The van der Waals surface area contributed by atoms with E-state index in [4.69, 9.17) is 0 Å². The van der Waals surface area contributed by atoms with Crippen molar-refractivity contribution in [3.8, 4) is 0 Å². The van der Waals surface area contributed by atoms with Crippen LogP contribution in [0.4, 0.5) is 0 Å². The monoisotopic (exact) mass is 533 g/mol. The smallest absolute Gasteiger partial charge is 0.305 e. The van der Waals surface area contributed by atoms with E-state index >= 15 is 0 Å². The average molecular weight is 534 g/mol. The maximum atomic E-state index is 13.3. The number of hydrogen-bond acceptors (Lipinski definition) is 7. The van der Waals surface area contributed by atoms with Gasteiger partial charge in [0.2, 0.25) is 29.5 Å². The van der Waals surface area contributed by atoms with Crippen molar-refractivity contribution in [1.29, 1.82) is 0 Å². The summed E-state index contributed by atoms with van der Waals surface area (Å²) in [5.41, 5.74) is 0.754. The number of benzene rings is 1. The maximum absolute atomic E-state index is 13.3. The van der Waals surface area contributed by atoms with Crippen molar-refractivity contribution in [1.82, 2.24) is 26.6 Å². The molecule has 38 heavy (non-hydrogen) atoms. The summed E-state index contributed by atoms with van der Waals surface area (Å²) in [7, 11) is 0. The molecule has 2 rings (SSSR count). The second-order valence-corrected chi connectivity index (χ2v) is 9.13. The first kappa shape index (κ1) is 30.2. The number of hydrogen-bond donors (Lipinski definition) is 7. The number of aliphatic hydroxyl groups excluding tert-OH is 1. The molecule has 7 N–H and O–H groups in total. The molecule has 13 heteroatoms. The molecule has 0 radical (unpaired) electrons. The normalized spacial score (nSPS) is 24.8. The minimum Gasteiger partial charge on any atom is -0.481 e. The minimum atomic E-state index is -1.59. The highest BCUT2D eigenvalue weighted by Crippen LogP contribution is 2.11. The first-order chi connectivity index (χ1) is 18.0. The molecule has 1 saturated heterocycles. The molecular weight excluding hydrogens is 498 g/mol. The second-order valence-electron chi connectivity index (χ2n) is 9.13. The van der Waals surface area contributed by atoms with Gasteiger partial charge in [-0.1, -0.05) is 50.6 Å². The highest BCUT2D eigenvalue weighted by atomic mass is 16.4. The first-order valence-electron chi connectivity index (χ1n) is 12.4. The van der Waals surface area contributed by atoms with E-state index in [1.165, 1.54) is 0 Å². The van der Waals surface area contributed by atoms with Gasteiger partial charge < -0.3 is 36.8 Å². The zero-order chi connectivity index (χ0) is 28.2. The van der Waals surface area contributed by atoms with Gasteiger partial charge in [-0.3, -0.25) is 28.8 Å². The molecule has 1 aromatic carbocycles. The SMILES string of the molecule is CC[C@H](C)[C@@H]1NC(=O)[C@H](Cc2ccccc2)NC(=O)CCNC(=O)[C@H](CO)NC(=O)[C@H](CC(=O)O)NC1=O. The number of amides is 5. The van der Waals surface area contributed by atoms with E-state index in [0.29, 0.717) is 6.42 Å². The van der Waals surface area contributed by atoms with Crippen LogP contribution in [0, 0.1) is 5.92 Å². The molecule has 0 aromatic heterocycles. The van der Waals surface area contributed by atoms with E-state index in [1.54, 1.807) is 44.2 Å². The number of carboxylic acids is 1.